The number of hydrogen-bond acceptors (Lipinski definition) is 10. The van der Waals surface area contributed by atoms with Gasteiger partial charge < -0.3 is 14.8 Å². The monoisotopic (exact) mass is 545 g/mol. The van der Waals surface area contributed by atoms with E-state index in [0.717, 1.165) is 24.5 Å². The van der Waals surface area contributed by atoms with Crippen LogP contribution in [0.1, 0.15) is 38.2 Å². The second kappa shape index (κ2) is 11.2. The SMILES string of the molecule is CCOC(=O)c1sc(NC(=O)CSc2nc(-c3cccs3)cc(C(F)(F)F)n2)c(C(=O)OC)c1C. The molecule has 3 aromatic rings. The summed E-state index contributed by atoms with van der Waals surface area (Å²) in [6.45, 7) is 3.26. The van der Waals surface area contributed by atoms with Gasteiger partial charge in [-0.3, -0.25) is 4.79 Å². The first-order valence-corrected chi connectivity index (χ1v) is 12.5. The number of thiophene rings is 2. The van der Waals surface area contributed by atoms with Crippen molar-refractivity contribution in [3.8, 4) is 10.6 Å². The van der Waals surface area contributed by atoms with Crippen molar-refractivity contribution >= 4 is 57.3 Å². The minimum absolute atomic E-state index is 0.00537. The first-order chi connectivity index (χ1) is 16.5. The van der Waals surface area contributed by atoms with Crippen LogP contribution in [0.2, 0.25) is 0 Å². The van der Waals surface area contributed by atoms with E-state index in [1.165, 1.54) is 18.3 Å². The molecule has 8 nitrogen and oxygen atoms in total. The number of hydrogen-bond donors (Lipinski definition) is 1. The molecule has 1 amide bonds. The van der Waals surface area contributed by atoms with E-state index in [0.29, 0.717) is 16.6 Å². The number of nitrogens with one attached hydrogen (secondary N) is 1. The maximum atomic E-state index is 13.3. The summed E-state index contributed by atoms with van der Waals surface area (Å²) in [5.74, 6) is -2.42. The third-order valence-electron chi connectivity index (χ3n) is 4.35. The fourth-order valence-corrected chi connectivity index (χ4v) is 5.27. The van der Waals surface area contributed by atoms with Gasteiger partial charge in [0.05, 0.1) is 35.6 Å². The van der Waals surface area contributed by atoms with Crippen molar-refractivity contribution in [3.05, 3.63) is 45.3 Å². The Morgan fingerprint density at radius 1 is 1.20 bits per heavy atom. The predicted octanol–water partition coefficient (Wildman–Crippen LogP) is 5.29. The molecule has 3 heterocycles. The number of carbonyl (C=O) groups is 3. The zero-order valence-corrected chi connectivity index (χ0v) is 21.0. The zero-order chi connectivity index (χ0) is 25.8. The summed E-state index contributed by atoms with van der Waals surface area (Å²) < 4.78 is 49.7. The average molecular weight is 546 g/mol. The minimum Gasteiger partial charge on any atom is -0.465 e. The van der Waals surface area contributed by atoms with E-state index in [1.54, 1.807) is 24.4 Å². The molecule has 0 unspecified atom stereocenters. The Balaban J connectivity index is 1.82. The van der Waals surface area contributed by atoms with Crippen molar-refractivity contribution in [1.29, 1.82) is 0 Å². The number of halogens is 3. The Hall–Kier alpha value is -2.97. The maximum absolute atomic E-state index is 13.3. The van der Waals surface area contributed by atoms with Crippen LogP contribution in [0, 0.1) is 6.92 Å². The van der Waals surface area contributed by atoms with E-state index < -0.39 is 29.7 Å². The third kappa shape index (κ3) is 6.38. The lowest BCUT2D eigenvalue weighted by molar-refractivity contribution is -0.141. The van der Waals surface area contributed by atoms with Gasteiger partial charge in [-0.25, -0.2) is 19.6 Å². The predicted molar refractivity (Wildman–Crippen MR) is 126 cm³/mol. The molecule has 0 radical (unpaired) electrons. The van der Waals surface area contributed by atoms with Crippen molar-refractivity contribution in [2.75, 3.05) is 24.8 Å². The summed E-state index contributed by atoms with van der Waals surface area (Å²) in [7, 11) is 1.15. The van der Waals surface area contributed by atoms with Crippen LogP contribution in [0.3, 0.4) is 0 Å². The Morgan fingerprint density at radius 2 is 1.94 bits per heavy atom. The van der Waals surface area contributed by atoms with E-state index in [9.17, 15) is 27.6 Å². The van der Waals surface area contributed by atoms with Gasteiger partial charge in [-0.05, 0) is 36.9 Å². The molecule has 0 aliphatic rings. The fourth-order valence-electron chi connectivity index (χ4n) is 2.82. The first kappa shape index (κ1) is 26.6. The molecule has 0 fully saturated rings. The molecule has 0 bridgehead atoms. The molecule has 1 N–H and O–H groups in total. The maximum Gasteiger partial charge on any atom is 0.433 e. The van der Waals surface area contributed by atoms with Crippen LogP contribution in [0.4, 0.5) is 18.2 Å². The lowest BCUT2D eigenvalue weighted by Gasteiger charge is -2.10. The quantitative estimate of drug-likeness (QED) is 0.231. The fraction of sp³-hybridized carbons (Fsp3) is 0.286. The second-order valence-corrected chi connectivity index (χ2v) is 9.62. The number of thioether (sulfide) groups is 1. The van der Waals surface area contributed by atoms with Gasteiger partial charge in [-0.15, -0.1) is 22.7 Å². The number of aromatic nitrogens is 2. The van der Waals surface area contributed by atoms with Gasteiger partial charge >= 0.3 is 18.1 Å². The number of methoxy groups -OCH3 is 1. The van der Waals surface area contributed by atoms with E-state index in [1.807, 2.05) is 0 Å². The number of anilines is 1. The van der Waals surface area contributed by atoms with E-state index in [2.05, 4.69) is 15.3 Å². The second-order valence-electron chi connectivity index (χ2n) is 6.71. The van der Waals surface area contributed by atoms with Crippen LogP contribution in [-0.2, 0) is 20.4 Å². The summed E-state index contributed by atoms with van der Waals surface area (Å²) in [5, 5.41) is 4.05. The van der Waals surface area contributed by atoms with Gasteiger partial charge in [-0.2, -0.15) is 13.2 Å². The molecule has 0 spiro atoms. The molecule has 0 aliphatic heterocycles. The summed E-state index contributed by atoms with van der Waals surface area (Å²) in [6, 6.07) is 4.16. The van der Waals surface area contributed by atoms with Gasteiger partial charge in [0.25, 0.3) is 0 Å². The van der Waals surface area contributed by atoms with Crippen LogP contribution < -0.4 is 5.32 Å². The van der Waals surface area contributed by atoms with Crippen molar-refractivity contribution < 1.29 is 37.0 Å². The van der Waals surface area contributed by atoms with Gasteiger partial charge in [0.1, 0.15) is 15.6 Å². The summed E-state index contributed by atoms with van der Waals surface area (Å²) in [6.07, 6.45) is -4.69. The molecule has 0 aliphatic carbocycles. The zero-order valence-electron chi connectivity index (χ0n) is 18.5. The molecule has 0 aromatic carbocycles. The summed E-state index contributed by atoms with van der Waals surface area (Å²) in [4.78, 5) is 45.3. The molecule has 14 heteroatoms. The summed E-state index contributed by atoms with van der Waals surface area (Å²) >= 11 is 2.76. The topological polar surface area (TPSA) is 107 Å². The molecule has 0 atom stereocenters. The number of carbonyl (C=O) groups excluding carboxylic acids is 3. The van der Waals surface area contributed by atoms with Crippen LogP contribution in [0.15, 0.2) is 28.7 Å². The van der Waals surface area contributed by atoms with Crippen LogP contribution in [0.5, 0.6) is 0 Å². The van der Waals surface area contributed by atoms with Crippen LogP contribution in [-0.4, -0.2) is 47.3 Å². The third-order valence-corrected chi connectivity index (χ3v) is 7.28. The van der Waals surface area contributed by atoms with Crippen molar-refractivity contribution in [3.63, 3.8) is 0 Å². The largest absolute Gasteiger partial charge is 0.465 e. The van der Waals surface area contributed by atoms with Crippen molar-refractivity contribution in [2.24, 2.45) is 0 Å². The highest BCUT2D eigenvalue weighted by atomic mass is 32.2. The van der Waals surface area contributed by atoms with Gasteiger partial charge in [0.15, 0.2) is 5.16 Å². The lowest BCUT2D eigenvalue weighted by Crippen LogP contribution is -2.16. The smallest absolute Gasteiger partial charge is 0.433 e. The number of alkyl halides is 3. The number of esters is 2. The highest BCUT2D eigenvalue weighted by molar-refractivity contribution is 7.99. The van der Waals surface area contributed by atoms with Crippen LogP contribution >= 0.6 is 34.4 Å². The Bertz CT molecular complexity index is 1240. The Kier molecular flexibility index (Phi) is 8.51. The van der Waals surface area contributed by atoms with Gasteiger partial charge in [0, 0.05) is 0 Å². The van der Waals surface area contributed by atoms with E-state index in [-0.39, 0.29) is 44.2 Å². The Labute approximate surface area is 209 Å². The lowest BCUT2D eigenvalue weighted by atomic mass is 10.1. The van der Waals surface area contributed by atoms with Crippen molar-refractivity contribution in [2.45, 2.75) is 25.2 Å². The number of ether oxygens (including phenoxy) is 2. The van der Waals surface area contributed by atoms with Gasteiger partial charge in [-0.1, -0.05) is 17.8 Å². The van der Waals surface area contributed by atoms with Crippen LogP contribution in [0.25, 0.3) is 10.6 Å². The molecule has 186 valence electrons. The number of rotatable bonds is 8. The average Bonchev–Trinajstić information content (AvgIpc) is 3.45. The highest BCUT2D eigenvalue weighted by Crippen LogP contribution is 2.35. The molecule has 0 saturated heterocycles. The standard InChI is InChI=1S/C21H18F3N3O5S3/c1-4-32-19(30)16-10(2)15(18(29)31-3)17(35-16)27-14(28)9-34-20-25-11(12-6-5-7-33-12)8-13(26-20)21(22,23)24/h5-8H,4,9H2,1-3H3,(H,27,28). The van der Waals surface area contributed by atoms with E-state index >= 15 is 0 Å². The normalized spacial score (nSPS) is 11.3. The van der Waals surface area contributed by atoms with E-state index in [4.69, 9.17) is 9.47 Å². The summed E-state index contributed by atoms with van der Waals surface area (Å²) in [5.41, 5.74) is -0.759. The molecule has 3 aromatic heterocycles. The minimum atomic E-state index is -4.69. The van der Waals surface area contributed by atoms with Gasteiger partial charge in [0.2, 0.25) is 5.91 Å². The molecule has 35 heavy (non-hydrogen) atoms. The molecule has 0 saturated carbocycles. The molecular formula is C21H18F3N3O5S3. The molecular weight excluding hydrogens is 527 g/mol. The number of nitrogens with zero attached hydrogens (tertiary/aromatic N) is 2. The molecule has 3 rings (SSSR count). The highest BCUT2D eigenvalue weighted by Gasteiger charge is 2.34. The Morgan fingerprint density at radius 3 is 2.54 bits per heavy atom. The number of amides is 1. The van der Waals surface area contributed by atoms with Crippen molar-refractivity contribution in [1.82, 2.24) is 9.97 Å². The first-order valence-electron chi connectivity index (χ1n) is 9.86.